The van der Waals surface area contributed by atoms with Gasteiger partial charge in [0.1, 0.15) is 11.6 Å². The van der Waals surface area contributed by atoms with E-state index in [2.05, 4.69) is 0 Å². The lowest BCUT2D eigenvalue weighted by molar-refractivity contribution is -0.138. The fraction of sp³-hybridized carbons (Fsp3) is 0.500. The van der Waals surface area contributed by atoms with Crippen molar-refractivity contribution in [3.05, 3.63) is 35.4 Å². The third kappa shape index (κ3) is 3.29. The lowest BCUT2D eigenvalue weighted by Gasteiger charge is -2.25. The molecule has 1 N–H and O–H groups in total. The number of carboxylic acids is 1. The van der Waals surface area contributed by atoms with Crippen LogP contribution < -0.4 is 0 Å². The summed E-state index contributed by atoms with van der Waals surface area (Å²) in [6.07, 6.45) is 0.953. The summed E-state index contributed by atoms with van der Waals surface area (Å²) in [5.41, 5.74) is 0.456. The fourth-order valence-electron chi connectivity index (χ4n) is 2.66. The van der Waals surface area contributed by atoms with E-state index in [1.807, 2.05) is 11.8 Å². The molecule has 0 aromatic heterocycles. The summed E-state index contributed by atoms with van der Waals surface area (Å²) < 4.78 is 26.6. The van der Waals surface area contributed by atoms with Gasteiger partial charge < -0.3 is 5.11 Å². The Labute approximate surface area is 110 Å². The first kappa shape index (κ1) is 13.9. The molecule has 0 saturated carbocycles. The third-order valence-corrected chi connectivity index (χ3v) is 3.74. The smallest absolute Gasteiger partial charge is 0.303 e. The lowest BCUT2D eigenvalue weighted by Crippen LogP contribution is -2.25. The summed E-state index contributed by atoms with van der Waals surface area (Å²) in [6, 6.07) is 3.43. The van der Waals surface area contributed by atoms with E-state index in [1.165, 1.54) is 12.1 Å². The summed E-state index contributed by atoms with van der Waals surface area (Å²) in [5, 5.41) is 8.77. The van der Waals surface area contributed by atoms with Crippen LogP contribution in [-0.4, -0.2) is 29.1 Å². The Bertz CT molecular complexity index is 479. The maximum absolute atomic E-state index is 13.7. The van der Waals surface area contributed by atoms with Gasteiger partial charge in [0.15, 0.2) is 0 Å². The van der Waals surface area contributed by atoms with Crippen LogP contribution in [0.2, 0.25) is 0 Å². The minimum Gasteiger partial charge on any atom is -0.481 e. The minimum atomic E-state index is -0.799. The normalized spacial score (nSPS) is 21.5. The lowest BCUT2D eigenvalue weighted by atomic mass is 10.0. The van der Waals surface area contributed by atoms with Crippen molar-refractivity contribution in [3.63, 3.8) is 0 Å². The van der Waals surface area contributed by atoms with Gasteiger partial charge in [0, 0.05) is 30.6 Å². The van der Waals surface area contributed by atoms with Gasteiger partial charge in [-0.2, -0.15) is 0 Å². The molecule has 2 unspecified atom stereocenters. The van der Waals surface area contributed by atoms with Gasteiger partial charge in [-0.1, -0.05) is 6.07 Å². The molecule has 0 bridgehead atoms. The number of nitrogens with zero attached hydrogens (tertiary/aromatic N) is 1. The summed E-state index contributed by atoms with van der Waals surface area (Å²) in [7, 11) is 0. The van der Waals surface area contributed by atoms with Crippen LogP contribution in [0, 0.1) is 17.6 Å². The molecule has 1 aliphatic rings. The van der Waals surface area contributed by atoms with E-state index in [9.17, 15) is 13.6 Å². The molecule has 1 aromatic rings. The molecular weight excluding hydrogens is 252 g/mol. The van der Waals surface area contributed by atoms with E-state index in [-0.39, 0.29) is 18.4 Å². The predicted octanol–water partition coefficient (Wildman–Crippen LogP) is 2.82. The van der Waals surface area contributed by atoms with Gasteiger partial charge >= 0.3 is 5.97 Å². The first-order valence-electron chi connectivity index (χ1n) is 6.38. The van der Waals surface area contributed by atoms with E-state index in [4.69, 9.17) is 5.11 Å². The van der Waals surface area contributed by atoms with Gasteiger partial charge in [-0.05, 0) is 31.9 Å². The molecule has 2 rings (SSSR count). The quantitative estimate of drug-likeness (QED) is 0.913. The number of benzene rings is 1. The SMILES string of the molecule is CC(c1ccc(F)cc1F)N1CCC(CC(=O)O)C1. The van der Waals surface area contributed by atoms with Gasteiger partial charge in [0.05, 0.1) is 0 Å². The van der Waals surface area contributed by atoms with E-state index in [1.54, 1.807) is 0 Å². The van der Waals surface area contributed by atoms with Gasteiger partial charge in [0.25, 0.3) is 0 Å². The van der Waals surface area contributed by atoms with E-state index < -0.39 is 17.6 Å². The van der Waals surface area contributed by atoms with Gasteiger partial charge in [0.2, 0.25) is 0 Å². The molecule has 104 valence electrons. The molecule has 5 heteroatoms. The minimum absolute atomic E-state index is 0.114. The van der Waals surface area contributed by atoms with Crippen molar-refractivity contribution >= 4 is 5.97 Å². The van der Waals surface area contributed by atoms with Crippen molar-refractivity contribution in [1.82, 2.24) is 4.90 Å². The molecule has 1 saturated heterocycles. The second-order valence-corrected chi connectivity index (χ2v) is 5.09. The van der Waals surface area contributed by atoms with E-state index in [0.29, 0.717) is 12.1 Å². The van der Waals surface area contributed by atoms with Crippen molar-refractivity contribution in [2.75, 3.05) is 13.1 Å². The zero-order valence-electron chi connectivity index (χ0n) is 10.8. The van der Waals surface area contributed by atoms with Crippen LogP contribution in [0.4, 0.5) is 8.78 Å². The van der Waals surface area contributed by atoms with Gasteiger partial charge in [-0.15, -0.1) is 0 Å². The number of aliphatic carboxylic acids is 1. The van der Waals surface area contributed by atoms with E-state index in [0.717, 1.165) is 19.0 Å². The number of rotatable bonds is 4. The largest absolute Gasteiger partial charge is 0.481 e. The zero-order valence-corrected chi connectivity index (χ0v) is 10.8. The highest BCUT2D eigenvalue weighted by atomic mass is 19.1. The number of hydrogen-bond acceptors (Lipinski definition) is 2. The standard InChI is InChI=1S/C14H17F2NO2/c1-9(12-3-2-11(15)7-13(12)16)17-5-4-10(8-17)6-14(18)19/h2-3,7,9-10H,4-6,8H2,1H3,(H,18,19). The second-order valence-electron chi connectivity index (χ2n) is 5.09. The average Bonchev–Trinajstić information content (AvgIpc) is 2.75. The van der Waals surface area contributed by atoms with E-state index >= 15 is 0 Å². The Morgan fingerprint density at radius 1 is 1.53 bits per heavy atom. The van der Waals surface area contributed by atoms with Crippen LogP contribution in [0.5, 0.6) is 0 Å². The topological polar surface area (TPSA) is 40.5 Å². The highest BCUT2D eigenvalue weighted by Gasteiger charge is 2.29. The maximum Gasteiger partial charge on any atom is 0.303 e. The molecule has 0 aliphatic carbocycles. The van der Waals surface area contributed by atoms with Crippen LogP contribution in [0.1, 0.15) is 31.4 Å². The van der Waals surface area contributed by atoms with Crippen LogP contribution in [-0.2, 0) is 4.79 Å². The highest BCUT2D eigenvalue weighted by Crippen LogP contribution is 2.30. The Hall–Kier alpha value is -1.49. The maximum atomic E-state index is 13.7. The number of hydrogen-bond donors (Lipinski definition) is 1. The van der Waals surface area contributed by atoms with Crippen molar-refractivity contribution in [2.24, 2.45) is 5.92 Å². The molecule has 1 fully saturated rings. The number of halogens is 2. The Balaban J connectivity index is 2.04. The molecule has 3 nitrogen and oxygen atoms in total. The van der Waals surface area contributed by atoms with Crippen molar-refractivity contribution in [3.8, 4) is 0 Å². The van der Waals surface area contributed by atoms with Crippen LogP contribution in [0.25, 0.3) is 0 Å². The predicted molar refractivity (Wildman–Crippen MR) is 66.7 cm³/mol. The molecule has 19 heavy (non-hydrogen) atoms. The van der Waals surface area contributed by atoms with Crippen LogP contribution in [0.15, 0.2) is 18.2 Å². The molecule has 0 spiro atoms. The second kappa shape index (κ2) is 5.65. The summed E-state index contributed by atoms with van der Waals surface area (Å²) in [6.45, 7) is 3.25. The van der Waals surface area contributed by atoms with Crippen molar-refractivity contribution in [1.29, 1.82) is 0 Å². The summed E-state index contributed by atoms with van der Waals surface area (Å²) >= 11 is 0. The zero-order chi connectivity index (χ0) is 14.0. The monoisotopic (exact) mass is 269 g/mol. The van der Waals surface area contributed by atoms with Crippen LogP contribution in [0.3, 0.4) is 0 Å². The first-order valence-corrected chi connectivity index (χ1v) is 6.38. The molecular formula is C14H17F2NO2. The Morgan fingerprint density at radius 3 is 2.89 bits per heavy atom. The number of likely N-dealkylation sites (tertiary alicyclic amines) is 1. The van der Waals surface area contributed by atoms with Crippen molar-refractivity contribution < 1.29 is 18.7 Å². The van der Waals surface area contributed by atoms with Crippen molar-refractivity contribution in [2.45, 2.75) is 25.8 Å². The number of carboxylic acid groups (broad SMARTS) is 1. The number of carbonyl (C=O) groups is 1. The molecule has 2 atom stereocenters. The molecule has 1 heterocycles. The summed E-state index contributed by atoms with van der Waals surface area (Å²) in [4.78, 5) is 12.7. The van der Waals surface area contributed by atoms with Gasteiger partial charge in [-0.25, -0.2) is 8.78 Å². The molecule has 1 aromatic carbocycles. The first-order chi connectivity index (χ1) is 8.97. The summed E-state index contributed by atoms with van der Waals surface area (Å²) in [5.74, 6) is -1.82. The third-order valence-electron chi connectivity index (χ3n) is 3.74. The Kier molecular flexibility index (Phi) is 4.14. The molecule has 0 radical (unpaired) electrons. The molecule has 1 aliphatic heterocycles. The fourth-order valence-corrected chi connectivity index (χ4v) is 2.66. The molecule has 0 amide bonds. The highest BCUT2D eigenvalue weighted by molar-refractivity contribution is 5.67. The Morgan fingerprint density at radius 2 is 2.26 bits per heavy atom. The van der Waals surface area contributed by atoms with Gasteiger partial charge in [-0.3, -0.25) is 9.69 Å². The average molecular weight is 269 g/mol. The van der Waals surface area contributed by atoms with Crippen LogP contribution >= 0.6 is 0 Å².